The lowest BCUT2D eigenvalue weighted by molar-refractivity contribution is -0.274. The maximum atomic E-state index is 12.1. The van der Waals surface area contributed by atoms with E-state index in [1.807, 2.05) is 0 Å². The van der Waals surface area contributed by atoms with Crippen LogP contribution in [0.2, 0.25) is 0 Å². The zero-order valence-electron chi connectivity index (χ0n) is 8.54. The third-order valence-electron chi connectivity index (χ3n) is 2.14. The molecule has 7 heteroatoms. The highest BCUT2D eigenvalue weighted by Gasteiger charge is 2.32. The number of fused-ring (bicyclic) bond motifs is 1. The second kappa shape index (κ2) is 3.36. The molecule has 2 aromatic rings. The predicted molar refractivity (Wildman–Crippen MR) is 49.9 cm³/mol. The molecule has 86 valence electrons. The van der Waals surface area contributed by atoms with Crippen LogP contribution in [-0.4, -0.2) is 21.4 Å². The van der Waals surface area contributed by atoms with Crippen molar-refractivity contribution < 1.29 is 17.9 Å². The molecule has 0 bridgehead atoms. The highest BCUT2D eigenvalue weighted by molar-refractivity contribution is 5.84. The van der Waals surface area contributed by atoms with Crippen molar-refractivity contribution in [3.05, 3.63) is 17.7 Å². The fourth-order valence-corrected chi connectivity index (χ4v) is 1.46. The fraction of sp³-hybridized carbons (Fsp3) is 0.333. The summed E-state index contributed by atoms with van der Waals surface area (Å²) in [6.07, 6.45) is -4.72. The van der Waals surface area contributed by atoms with E-state index >= 15 is 0 Å². The third-order valence-corrected chi connectivity index (χ3v) is 2.14. The molecular formula is C9H8F3N3O. The third kappa shape index (κ3) is 1.80. The molecule has 16 heavy (non-hydrogen) atoms. The number of nitrogens with zero attached hydrogens (tertiary/aromatic N) is 3. The molecule has 0 unspecified atom stereocenters. The topological polar surface area (TPSA) is 39.9 Å². The lowest BCUT2D eigenvalue weighted by atomic mass is 10.2. The van der Waals surface area contributed by atoms with E-state index in [-0.39, 0.29) is 11.3 Å². The maximum absolute atomic E-state index is 12.1. The van der Waals surface area contributed by atoms with E-state index in [1.165, 1.54) is 23.9 Å². The van der Waals surface area contributed by atoms with Crippen LogP contribution in [0.5, 0.6) is 5.75 Å². The van der Waals surface area contributed by atoms with Crippen molar-refractivity contribution in [3.63, 3.8) is 0 Å². The molecule has 1 aromatic heterocycles. The van der Waals surface area contributed by atoms with Crippen molar-refractivity contribution >= 4 is 11.0 Å². The number of ether oxygens (including phenoxy) is 1. The Morgan fingerprint density at radius 2 is 2.00 bits per heavy atom. The van der Waals surface area contributed by atoms with Crippen LogP contribution in [0.4, 0.5) is 13.2 Å². The van der Waals surface area contributed by atoms with E-state index in [1.54, 1.807) is 6.92 Å². The SMILES string of the molecule is Cc1ccc(OC(F)(F)F)c2c1nnn2C. The van der Waals surface area contributed by atoms with Crippen molar-refractivity contribution in [2.45, 2.75) is 13.3 Å². The maximum Gasteiger partial charge on any atom is 0.573 e. The quantitative estimate of drug-likeness (QED) is 0.755. The average Bonchev–Trinajstić information content (AvgIpc) is 2.52. The highest BCUT2D eigenvalue weighted by Crippen LogP contribution is 2.30. The summed E-state index contributed by atoms with van der Waals surface area (Å²) in [5, 5.41) is 7.44. The number of aryl methyl sites for hydroxylation is 2. The number of alkyl halides is 3. The second-order valence-corrected chi connectivity index (χ2v) is 3.34. The molecule has 1 aromatic carbocycles. The van der Waals surface area contributed by atoms with Gasteiger partial charge in [-0.05, 0) is 18.6 Å². The van der Waals surface area contributed by atoms with Crippen molar-refractivity contribution in [2.24, 2.45) is 7.05 Å². The van der Waals surface area contributed by atoms with Crippen molar-refractivity contribution in [1.82, 2.24) is 15.0 Å². The van der Waals surface area contributed by atoms with Gasteiger partial charge in [0.15, 0.2) is 5.75 Å². The van der Waals surface area contributed by atoms with Gasteiger partial charge in [-0.15, -0.1) is 18.3 Å². The second-order valence-electron chi connectivity index (χ2n) is 3.34. The normalized spacial score (nSPS) is 12.1. The van der Waals surface area contributed by atoms with Crippen LogP contribution >= 0.6 is 0 Å². The zero-order valence-corrected chi connectivity index (χ0v) is 8.54. The van der Waals surface area contributed by atoms with Crippen LogP contribution in [0.25, 0.3) is 11.0 Å². The van der Waals surface area contributed by atoms with Crippen molar-refractivity contribution in [2.75, 3.05) is 0 Å². The van der Waals surface area contributed by atoms with Gasteiger partial charge in [0, 0.05) is 7.05 Å². The van der Waals surface area contributed by atoms with Crippen LogP contribution in [0.3, 0.4) is 0 Å². The molecule has 0 spiro atoms. The smallest absolute Gasteiger partial charge is 0.403 e. The lowest BCUT2D eigenvalue weighted by Crippen LogP contribution is -2.17. The minimum atomic E-state index is -4.72. The lowest BCUT2D eigenvalue weighted by Gasteiger charge is -2.10. The van der Waals surface area contributed by atoms with Gasteiger partial charge in [-0.3, -0.25) is 0 Å². The molecule has 1 heterocycles. The van der Waals surface area contributed by atoms with Gasteiger partial charge in [-0.2, -0.15) is 0 Å². The Balaban J connectivity index is 2.62. The molecule has 0 atom stereocenters. The molecule has 0 radical (unpaired) electrons. The molecule has 0 N–H and O–H groups in total. The van der Waals surface area contributed by atoms with Gasteiger partial charge in [-0.1, -0.05) is 11.3 Å². The van der Waals surface area contributed by atoms with Gasteiger partial charge >= 0.3 is 6.36 Å². The molecule has 0 aliphatic carbocycles. The number of aromatic nitrogens is 3. The molecule has 0 aliphatic heterocycles. The molecule has 0 saturated carbocycles. The molecule has 0 amide bonds. The van der Waals surface area contributed by atoms with Gasteiger partial charge in [0.1, 0.15) is 11.0 Å². The first-order chi connectivity index (χ1) is 7.38. The summed E-state index contributed by atoms with van der Waals surface area (Å²) in [6.45, 7) is 1.74. The number of benzene rings is 1. The average molecular weight is 231 g/mol. The van der Waals surface area contributed by atoms with Gasteiger partial charge in [0.25, 0.3) is 0 Å². The van der Waals surface area contributed by atoms with Crippen LogP contribution in [0, 0.1) is 6.92 Å². The number of rotatable bonds is 1. The van der Waals surface area contributed by atoms with E-state index in [4.69, 9.17) is 0 Å². The summed E-state index contributed by atoms with van der Waals surface area (Å²) in [5.41, 5.74) is 1.39. The minimum absolute atomic E-state index is 0.234. The standard InChI is InChI=1S/C9H8F3N3O/c1-5-3-4-6(16-9(10,11)12)8-7(5)13-14-15(8)2/h3-4H,1-2H3. The summed E-state index contributed by atoms with van der Waals surface area (Å²) in [7, 11) is 1.51. The van der Waals surface area contributed by atoms with Gasteiger partial charge < -0.3 is 4.74 Å². The van der Waals surface area contributed by atoms with E-state index in [2.05, 4.69) is 15.0 Å². The van der Waals surface area contributed by atoms with E-state index in [0.29, 0.717) is 5.52 Å². The molecule has 0 fully saturated rings. The molecule has 0 saturated heterocycles. The van der Waals surface area contributed by atoms with Gasteiger partial charge in [0.05, 0.1) is 0 Å². The van der Waals surface area contributed by atoms with Crippen LogP contribution in [0.1, 0.15) is 5.56 Å². The Morgan fingerprint density at radius 3 is 2.62 bits per heavy atom. The first-order valence-corrected chi connectivity index (χ1v) is 4.43. The highest BCUT2D eigenvalue weighted by atomic mass is 19.4. The number of halogens is 3. The van der Waals surface area contributed by atoms with E-state index in [0.717, 1.165) is 5.56 Å². The Labute approximate surface area is 88.6 Å². The zero-order chi connectivity index (χ0) is 11.9. The molecule has 4 nitrogen and oxygen atoms in total. The van der Waals surface area contributed by atoms with Crippen LogP contribution < -0.4 is 4.74 Å². The monoisotopic (exact) mass is 231 g/mol. The molecule has 2 rings (SSSR count). The largest absolute Gasteiger partial charge is 0.573 e. The molecule has 0 aliphatic rings. The fourth-order valence-electron chi connectivity index (χ4n) is 1.46. The van der Waals surface area contributed by atoms with E-state index in [9.17, 15) is 13.2 Å². The van der Waals surface area contributed by atoms with Crippen LogP contribution in [-0.2, 0) is 7.05 Å². The Hall–Kier alpha value is -1.79. The predicted octanol–water partition coefficient (Wildman–Crippen LogP) is 2.18. The van der Waals surface area contributed by atoms with Crippen molar-refractivity contribution in [3.8, 4) is 5.75 Å². The summed E-state index contributed by atoms with van der Waals surface area (Å²) in [6, 6.07) is 2.77. The van der Waals surface area contributed by atoms with Crippen molar-refractivity contribution in [1.29, 1.82) is 0 Å². The Kier molecular flexibility index (Phi) is 2.25. The number of hydrogen-bond acceptors (Lipinski definition) is 3. The number of hydrogen-bond donors (Lipinski definition) is 0. The Bertz CT molecular complexity index is 533. The first kappa shape index (κ1) is 10.7. The summed E-state index contributed by atoms with van der Waals surface area (Å²) < 4.78 is 41.6. The van der Waals surface area contributed by atoms with Gasteiger partial charge in [-0.25, -0.2) is 4.68 Å². The van der Waals surface area contributed by atoms with E-state index < -0.39 is 6.36 Å². The summed E-state index contributed by atoms with van der Waals surface area (Å²) >= 11 is 0. The summed E-state index contributed by atoms with van der Waals surface area (Å²) in [5.74, 6) is -0.291. The molecular weight excluding hydrogens is 223 g/mol. The first-order valence-electron chi connectivity index (χ1n) is 4.43. The minimum Gasteiger partial charge on any atom is -0.403 e. The van der Waals surface area contributed by atoms with Crippen LogP contribution in [0.15, 0.2) is 12.1 Å². The van der Waals surface area contributed by atoms with Gasteiger partial charge in [0.2, 0.25) is 0 Å². The Morgan fingerprint density at radius 1 is 1.31 bits per heavy atom. The summed E-state index contributed by atoms with van der Waals surface area (Å²) in [4.78, 5) is 0.